The number of amides is 1. The van der Waals surface area contributed by atoms with Gasteiger partial charge in [0.1, 0.15) is 0 Å². The first-order chi connectivity index (χ1) is 6.36. The predicted octanol–water partition coefficient (Wildman–Crippen LogP) is 2.22. The SMILES string of the molecule is O=C(NSc1ccccc1)C1CC1. The number of hydrogen-bond donors (Lipinski definition) is 1. The van der Waals surface area contributed by atoms with Crippen LogP contribution in [0.3, 0.4) is 0 Å². The smallest absolute Gasteiger partial charge is 0.233 e. The number of carbonyl (C=O) groups is 1. The molecule has 3 heteroatoms. The van der Waals surface area contributed by atoms with Crippen LogP contribution in [0.15, 0.2) is 35.2 Å². The molecular formula is C10H11NOS. The van der Waals surface area contributed by atoms with Crippen molar-refractivity contribution in [1.29, 1.82) is 0 Å². The van der Waals surface area contributed by atoms with Crippen molar-refractivity contribution >= 4 is 17.9 Å². The van der Waals surface area contributed by atoms with Crippen molar-refractivity contribution in [2.75, 3.05) is 0 Å². The Bertz CT molecular complexity index is 295. The lowest BCUT2D eigenvalue weighted by molar-refractivity contribution is -0.120. The minimum absolute atomic E-state index is 0.175. The van der Waals surface area contributed by atoms with Gasteiger partial charge in [0.05, 0.1) is 0 Å². The highest BCUT2D eigenvalue weighted by Crippen LogP contribution is 2.29. The summed E-state index contributed by atoms with van der Waals surface area (Å²) in [4.78, 5) is 12.3. The van der Waals surface area contributed by atoms with E-state index in [2.05, 4.69) is 4.72 Å². The summed E-state index contributed by atoms with van der Waals surface area (Å²) in [5.41, 5.74) is 0. The van der Waals surface area contributed by atoms with Crippen molar-refractivity contribution in [2.45, 2.75) is 17.7 Å². The number of hydrogen-bond acceptors (Lipinski definition) is 2. The van der Waals surface area contributed by atoms with E-state index in [1.54, 1.807) is 0 Å². The van der Waals surface area contributed by atoms with Crippen LogP contribution in [0.5, 0.6) is 0 Å². The third-order valence-electron chi connectivity index (χ3n) is 1.96. The Morgan fingerprint density at radius 3 is 2.62 bits per heavy atom. The summed E-state index contributed by atoms with van der Waals surface area (Å²) in [6.45, 7) is 0. The van der Waals surface area contributed by atoms with E-state index in [0.29, 0.717) is 0 Å². The Kier molecular flexibility index (Phi) is 2.54. The molecule has 1 aliphatic carbocycles. The molecule has 0 unspecified atom stereocenters. The standard InChI is InChI=1S/C10H11NOS/c12-10(8-6-7-8)11-13-9-4-2-1-3-5-9/h1-5,8H,6-7H2,(H,11,12). The number of nitrogens with one attached hydrogen (secondary N) is 1. The monoisotopic (exact) mass is 193 g/mol. The Morgan fingerprint density at radius 1 is 1.31 bits per heavy atom. The molecular weight excluding hydrogens is 182 g/mol. The molecule has 0 aromatic heterocycles. The lowest BCUT2D eigenvalue weighted by Gasteiger charge is -2.01. The second-order valence-electron chi connectivity index (χ2n) is 3.16. The summed E-state index contributed by atoms with van der Waals surface area (Å²) in [5.74, 6) is 0.463. The van der Waals surface area contributed by atoms with Crippen LogP contribution in [0.4, 0.5) is 0 Å². The van der Waals surface area contributed by atoms with E-state index in [1.807, 2.05) is 30.3 Å². The van der Waals surface area contributed by atoms with Gasteiger partial charge in [0.25, 0.3) is 0 Å². The van der Waals surface area contributed by atoms with Crippen LogP contribution in [-0.4, -0.2) is 5.91 Å². The molecule has 1 fully saturated rings. The molecule has 0 spiro atoms. The van der Waals surface area contributed by atoms with Crippen LogP contribution in [0, 0.1) is 5.92 Å². The van der Waals surface area contributed by atoms with E-state index in [0.717, 1.165) is 17.7 Å². The molecule has 1 amide bonds. The molecule has 0 heterocycles. The Hall–Kier alpha value is -0.960. The van der Waals surface area contributed by atoms with Crippen molar-refractivity contribution in [3.8, 4) is 0 Å². The lowest BCUT2D eigenvalue weighted by atomic mass is 10.4. The van der Waals surface area contributed by atoms with E-state index in [4.69, 9.17) is 0 Å². The third kappa shape index (κ3) is 2.49. The van der Waals surface area contributed by atoms with E-state index >= 15 is 0 Å². The predicted molar refractivity (Wildman–Crippen MR) is 53.2 cm³/mol. The van der Waals surface area contributed by atoms with Crippen LogP contribution in [-0.2, 0) is 4.79 Å². The van der Waals surface area contributed by atoms with Crippen molar-refractivity contribution < 1.29 is 4.79 Å². The van der Waals surface area contributed by atoms with Crippen molar-refractivity contribution in [1.82, 2.24) is 4.72 Å². The molecule has 1 aliphatic rings. The molecule has 1 saturated carbocycles. The van der Waals surface area contributed by atoms with Gasteiger partial charge in [-0.3, -0.25) is 9.52 Å². The molecule has 13 heavy (non-hydrogen) atoms. The molecule has 2 rings (SSSR count). The summed E-state index contributed by atoms with van der Waals surface area (Å²) in [6.07, 6.45) is 2.11. The fourth-order valence-corrected chi connectivity index (χ4v) is 1.70. The first-order valence-corrected chi connectivity index (χ1v) is 5.19. The second kappa shape index (κ2) is 3.83. The van der Waals surface area contributed by atoms with Crippen LogP contribution < -0.4 is 4.72 Å². The Labute approximate surface area is 81.9 Å². The number of benzene rings is 1. The van der Waals surface area contributed by atoms with Crippen molar-refractivity contribution in [3.63, 3.8) is 0 Å². The van der Waals surface area contributed by atoms with Crippen LogP contribution in [0.25, 0.3) is 0 Å². The maximum atomic E-state index is 11.2. The molecule has 68 valence electrons. The molecule has 2 nitrogen and oxygen atoms in total. The maximum absolute atomic E-state index is 11.2. The van der Waals surface area contributed by atoms with Gasteiger partial charge in [-0.25, -0.2) is 0 Å². The van der Waals surface area contributed by atoms with E-state index < -0.39 is 0 Å². The summed E-state index contributed by atoms with van der Waals surface area (Å²) in [6, 6.07) is 9.86. The zero-order valence-electron chi connectivity index (χ0n) is 7.19. The van der Waals surface area contributed by atoms with Crippen molar-refractivity contribution in [3.05, 3.63) is 30.3 Å². The highest BCUT2D eigenvalue weighted by molar-refractivity contribution is 7.98. The zero-order chi connectivity index (χ0) is 9.10. The molecule has 0 saturated heterocycles. The lowest BCUT2D eigenvalue weighted by Crippen LogP contribution is -2.16. The summed E-state index contributed by atoms with van der Waals surface area (Å²) in [7, 11) is 0. The summed E-state index contributed by atoms with van der Waals surface area (Å²) >= 11 is 1.40. The fraction of sp³-hybridized carbons (Fsp3) is 0.300. The average molecular weight is 193 g/mol. The highest BCUT2D eigenvalue weighted by Gasteiger charge is 2.29. The van der Waals surface area contributed by atoms with Gasteiger partial charge >= 0.3 is 0 Å². The summed E-state index contributed by atoms with van der Waals surface area (Å²) < 4.78 is 2.84. The molecule has 0 bridgehead atoms. The van der Waals surface area contributed by atoms with Crippen LogP contribution in [0.1, 0.15) is 12.8 Å². The van der Waals surface area contributed by atoms with Crippen molar-refractivity contribution in [2.24, 2.45) is 5.92 Å². The van der Waals surface area contributed by atoms with Gasteiger partial charge in [-0.1, -0.05) is 18.2 Å². The second-order valence-corrected chi connectivity index (χ2v) is 4.04. The topological polar surface area (TPSA) is 29.1 Å². The maximum Gasteiger partial charge on any atom is 0.233 e. The normalized spacial score (nSPS) is 15.4. The molecule has 1 aromatic rings. The van der Waals surface area contributed by atoms with Gasteiger partial charge in [-0.2, -0.15) is 0 Å². The van der Waals surface area contributed by atoms with Gasteiger partial charge in [-0.05, 0) is 36.9 Å². The molecule has 0 atom stereocenters. The van der Waals surface area contributed by atoms with E-state index in [1.165, 1.54) is 11.9 Å². The highest BCUT2D eigenvalue weighted by atomic mass is 32.2. The molecule has 1 N–H and O–H groups in total. The molecule has 1 aromatic carbocycles. The van der Waals surface area contributed by atoms with Gasteiger partial charge in [0.2, 0.25) is 5.91 Å². The average Bonchev–Trinajstić information content (AvgIpc) is 2.99. The fourth-order valence-electron chi connectivity index (χ4n) is 1.03. The van der Waals surface area contributed by atoms with Gasteiger partial charge in [0, 0.05) is 10.8 Å². The van der Waals surface area contributed by atoms with E-state index in [-0.39, 0.29) is 11.8 Å². The minimum Gasteiger partial charge on any atom is -0.296 e. The first-order valence-electron chi connectivity index (χ1n) is 4.38. The van der Waals surface area contributed by atoms with Gasteiger partial charge in [0.15, 0.2) is 0 Å². The van der Waals surface area contributed by atoms with Crippen LogP contribution >= 0.6 is 11.9 Å². The molecule has 0 aliphatic heterocycles. The quantitative estimate of drug-likeness (QED) is 0.746. The van der Waals surface area contributed by atoms with Gasteiger partial charge in [-0.15, -0.1) is 0 Å². The van der Waals surface area contributed by atoms with Gasteiger partial charge < -0.3 is 0 Å². The summed E-state index contributed by atoms with van der Waals surface area (Å²) in [5, 5.41) is 0. The minimum atomic E-state index is 0.175. The van der Waals surface area contributed by atoms with E-state index in [9.17, 15) is 4.79 Å². The Balaban J connectivity index is 1.82. The largest absolute Gasteiger partial charge is 0.296 e. The number of carbonyl (C=O) groups excluding carboxylic acids is 1. The Morgan fingerprint density at radius 2 is 2.00 bits per heavy atom. The third-order valence-corrected chi connectivity index (χ3v) is 2.77. The number of rotatable bonds is 3. The van der Waals surface area contributed by atoms with Crippen LogP contribution in [0.2, 0.25) is 0 Å². The first kappa shape index (κ1) is 8.63. The zero-order valence-corrected chi connectivity index (χ0v) is 8.01. The molecule has 0 radical (unpaired) electrons.